The number of nitrogens with zero attached hydrogens (tertiary/aromatic N) is 7. The normalized spacial score (nSPS) is 30.0. The Hall–Kier alpha value is -2.41. The second-order valence-electron chi connectivity index (χ2n) is 23.1. The maximum Gasteiger partial charge on any atom is 0.407 e. The number of fused-ring (bicyclic) bond motifs is 4. The van der Waals surface area contributed by atoms with Crippen molar-refractivity contribution in [3.8, 4) is 0 Å². The van der Waals surface area contributed by atoms with Gasteiger partial charge in [0.25, 0.3) is 0 Å². The topological polar surface area (TPSA) is 265 Å². The summed E-state index contributed by atoms with van der Waals surface area (Å²) >= 11 is 11.8. The summed E-state index contributed by atoms with van der Waals surface area (Å²) in [6, 6.07) is 0.809. The molecule has 4 aromatic heterocycles. The van der Waals surface area contributed by atoms with Crippen LogP contribution in [-0.4, -0.2) is 138 Å². The van der Waals surface area contributed by atoms with Crippen LogP contribution in [0.3, 0.4) is 0 Å². The molecule has 6 N–H and O–H groups in total. The number of rotatable bonds is 11. The summed E-state index contributed by atoms with van der Waals surface area (Å²) in [5.74, 6) is 0.931. The first-order valence-corrected chi connectivity index (χ1v) is 39.0. The zero-order chi connectivity index (χ0) is 52.6. The predicted molar refractivity (Wildman–Crippen MR) is 287 cm³/mol. The molecule has 4 aliphatic heterocycles. The maximum atomic E-state index is 12.7. The van der Waals surface area contributed by atoms with Gasteiger partial charge < -0.3 is 62.8 Å². The van der Waals surface area contributed by atoms with Crippen molar-refractivity contribution in [2.75, 3.05) is 37.4 Å². The fourth-order valence-corrected chi connectivity index (χ4v) is 14.6. The van der Waals surface area contributed by atoms with Gasteiger partial charge in [0.1, 0.15) is 59.9 Å². The van der Waals surface area contributed by atoms with Crippen LogP contribution in [0.1, 0.15) is 71.8 Å². The molecule has 0 spiro atoms. The molecule has 10 atom stereocenters. The molecular weight excluding hydrogens is 1060 g/mol. The van der Waals surface area contributed by atoms with Crippen molar-refractivity contribution in [3.05, 3.63) is 30.2 Å². The summed E-state index contributed by atoms with van der Waals surface area (Å²) in [6.07, 6.45) is -2.29. The molecule has 22 nitrogen and oxygen atoms in total. The first kappa shape index (κ1) is 55.8. The average Bonchev–Trinajstić information content (AvgIpc) is 3.97. The Balaban J connectivity index is 1.16. The van der Waals surface area contributed by atoms with Gasteiger partial charge >= 0.3 is 19.5 Å². The van der Waals surface area contributed by atoms with E-state index in [1.54, 1.807) is 4.57 Å². The third-order valence-corrected chi connectivity index (χ3v) is 28.3. The van der Waals surface area contributed by atoms with Crippen molar-refractivity contribution in [3.63, 3.8) is 0 Å². The van der Waals surface area contributed by atoms with E-state index in [9.17, 15) is 14.6 Å². The standard InChI is InChI=1S/C43H72N10O12P2S2Si3/c1-42(2,3)71(10,11)64-32-27-22-59-66(55,68)62-31-26(60-40(34(31)65-72(12,13)43(4,5)6)52-20-25-15-14-16-45-36-29(25)37(52)48-23-47-36)21-58-67(56,69)63-33(32)39(61-27)53-24-49-30-35(44)50-28(51-38(30)53)19-46-41(54)57-17-18-70(7,8)9/h20,23-24,26-27,31-34,39-40H,14-19,21-22H2,1-13H3,(H,46,54)(H,55,68)(H,56,69)(H2,44,50,51)(H,45,47,48)/t26-,27-,31-,32-,33-,34-,39-,40-,66?,67?/m1/s1. The Bertz CT molecular complexity index is 2760. The molecule has 0 aliphatic carbocycles. The van der Waals surface area contributed by atoms with E-state index in [2.05, 4.69) is 113 Å². The lowest BCUT2D eigenvalue weighted by atomic mass is 10.1. The van der Waals surface area contributed by atoms with Crippen LogP contribution >= 0.6 is 13.4 Å². The van der Waals surface area contributed by atoms with Crippen molar-refractivity contribution in [2.45, 2.75) is 172 Å². The van der Waals surface area contributed by atoms with Crippen molar-refractivity contribution >= 4 is 102 Å². The first-order valence-electron chi connectivity index (χ1n) is 24.3. The van der Waals surface area contributed by atoms with Gasteiger partial charge in [0, 0.05) is 20.8 Å². The summed E-state index contributed by atoms with van der Waals surface area (Å²) < 4.78 is 62.8. The largest absolute Gasteiger partial charge is 0.450 e. The van der Waals surface area contributed by atoms with E-state index in [1.165, 1.54) is 12.7 Å². The highest BCUT2D eigenvalue weighted by atomic mass is 32.5. The summed E-state index contributed by atoms with van der Waals surface area (Å²) in [5.41, 5.74) is 8.58. The van der Waals surface area contributed by atoms with Gasteiger partial charge in [0.2, 0.25) is 0 Å². The predicted octanol–water partition coefficient (Wildman–Crippen LogP) is 7.60. The highest BCUT2D eigenvalue weighted by Gasteiger charge is 2.57. The number of anilines is 2. The fourth-order valence-electron chi connectivity index (χ4n) is 8.44. The van der Waals surface area contributed by atoms with Crippen LogP contribution in [0.5, 0.6) is 0 Å². The van der Waals surface area contributed by atoms with Gasteiger partial charge in [-0.25, -0.2) is 29.7 Å². The molecule has 8 heterocycles. The molecular formula is C43H72N10O12P2S2Si3. The molecule has 0 radical (unpaired) electrons. The van der Waals surface area contributed by atoms with Crippen LogP contribution in [0.25, 0.3) is 22.2 Å². The number of ether oxygens (including phenoxy) is 3. The minimum atomic E-state index is -4.29. The Kier molecular flexibility index (Phi) is 15.9. The lowest BCUT2D eigenvalue weighted by Crippen LogP contribution is -2.50. The van der Waals surface area contributed by atoms with E-state index in [0.717, 1.165) is 42.2 Å². The zero-order valence-electron chi connectivity index (χ0n) is 43.4. The average molecular weight is 1130 g/mol. The maximum absolute atomic E-state index is 12.7. The third-order valence-electron chi connectivity index (χ3n) is 14.5. The Morgan fingerprint density at radius 3 is 2.14 bits per heavy atom. The number of nitrogen functional groups attached to an aromatic ring is 1. The molecule has 2 unspecified atom stereocenters. The molecule has 0 aromatic carbocycles. The van der Waals surface area contributed by atoms with E-state index < -0.39 is 93.3 Å². The van der Waals surface area contributed by atoms with Crippen LogP contribution in [0.2, 0.25) is 61.9 Å². The SMILES string of the molecule is CC(C)(C)[Si](C)(C)O[C@@H]1[C@@H]2OP(O)(=S)OC[C@H]3O[C@@H](n4cnc5c(N)nc(CNC(=O)OCC[Si](C)(C)C)nc54)[C@H](OP(O)(=S)OC[C@H]2O[C@H]1n1cc2c4c(ncnc41)NCCC2)[C@@H]3O[Si](C)(C)C(C)(C)C. The molecule has 72 heavy (non-hydrogen) atoms. The van der Waals surface area contributed by atoms with Crippen molar-refractivity contribution in [1.29, 1.82) is 0 Å². The minimum absolute atomic E-state index is 0.0418. The Labute approximate surface area is 434 Å². The second kappa shape index (κ2) is 20.5. The number of imidazole rings is 1. The van der Waals surface area contributed by atoms with Crippen molar-refractivity contribution in [1.82, 2.24) is 39.4 Å². The number of aryl methyl sites for hydroxylation is 1. The van der Waals surface area contributed by atoms with Gasteiger partial charge in [-0.05, 0) is 84.3 Å². The monoisotopic (exact) mass is 1130 g/mol. The highest BCUT2D eigenvalue weighted by Crippen LogP contribution is 2.56. The van der Waals surface area contributed by atoms with E-state index in [1.807, 2.05) is 10.8 Å². The molecule has 3 saturated heterocycles. The molecule has 29 heteroatoms. The van der Waals surface area contributed by atoms with Gasteiger partial charge in [0.05, 0.1) is 38.1 Å². The number of carbonyl (C=O) groups is 1. The number of alkyl carbamates (subject to hydrolysis) is 1. The Morgan fingerprint density at radius 1 is 0.861 bits per heavy atom. The van der Waals surface area contributed by atoms with Crippen LogP contribution in [0.15, 0.2) is 18.9 Å². The van der Waals surface area contributed by atoms with E-state index in [-0.39, 0.29) is 52.6 Å². The van der Waals surface area contributed by atoms with Crippen molar-refractivity contribution in [2.24, 2.45) is 0 Å². The number of hydrogen-bond donors (Lipinski definition) is 5. The van der Waals surface area contributed by atoms with Gasteiger partial charge in [-0.15, -0.1) is 0 Å². The summed E-state index contributed by atoms with van der Waals surface area (Å²) in [4.78, 5) is 60.2. The van der Waals surface area contributed by atoms with Crippen LogP contribution in [-0.2, 0) is 77.7 Å². The molecule has 8 rings (SSSR count). The lowest BCUT2D eigenvalue weighted by Gasteiger charge is -2.41. The molecule has 400 valence electrons. The zero-order valence-corrected chi connectivity index (χ0v) is 49.8. The quantitative estimate of drug-likeness (QED) is 0.0715. The van der Waals surface area contributed by atoms with E-state index in [4.69, 9.17) is 80.5 Å². The number of nitrogens with two attached hydrogens (primary N) is 1. The van der Waals surface area contributed by atoms with Gasteiger partial charge in [0.15, 0.2) is 46.4 Å². The highest BCUT2D eigenvalue weighted by molar-refractivity contribution is 8.07. The van der Waals surface area contributed by atoms with E-state index in [0.29, 0.717) is 12.3 Å². The van der Waals surface area contributed by atoms with Gasteiger partial charge in [-0.1, -0.05) is 61.2 Å². The number of hydrogen-bond acceptors (Lipinski definition) is 19. The number of aromatic nitrogens is 7. The lowest BCUT2D eigenvalue weighted by molar-refractivity contribution is -0.0604. The number of carbonyl (C=O) groups excluding carboxylic acids is 1. The fraction of sp³-hybridized carbons (Fsp3) is 0.721. The van der Waals surface area contributed by atoms with Gasteiger partial charge in [-0.3, -0.25) is 13.6 Å². The van der Waals surface area contributed by atoms with Crippen LogP contribution < -0.4 is 16.4 Å². The third kappa shape index (κ3) is 12.1. The second-order valence-corrected chi connectivity index (χ2v) is 43.9. The van der Waals surface area contributed by atoms with Crippen molar-refractivity contribution < 1.29 is 55.7 Å². The summed E-state index contributed by atoms with van der Waals surface area (Å²) in [6.45, 7) is 19.3. The number of amides is 1. The molecule has 3 fully saturated rings. The summed E-state index contributed by atoms with van der Waals surface area (Å²) in [7, 11) is -6.81. The number of nitrogens with one attached hydrogen (secondary N) is 2. The Morgan fingerprint density at radius 2 is 1.49 bits per heavy atom. The molecule has 2 bridgehead atoms. The first-order chi connectivity index (χ1) is 33.3. The van der Waals surface area contributed by atoms with E-state index >= 15 is 0 Å². The smallest absolute Gasteiger partial charge is 0.407 e. The van der Waals surface area contributed by atoms with Crippen LogP contribution in [0.4, 0.5) is 16.4 Å². The van der Waals surface area contributed by atoms with Crippen LogP contribution in [0, 0.1) is 0 Å². The molecule has 0 saturated carbocycles. The molecule has 1 amide bonds. The minimum Gasteiger partial charge on any atom is -0.450 e. The molecule has 4 aliphatic rings. The summed E-state index contributed by atoms with van der Waals surface area (Å²) in [5, 5.41) is 6.43. The molecule has 4 aromatic rings. The van der Waals surface area contributed by atoms with Gasteiger partial charge in [-0.2, -0.15) is 0 Å².